The summed E-state index contributed by atoms with van der Waals surface area (Å²) >= 11 is 0. The minimum absolute atomic E-state index is 0.145. The zero-order chi connectivity index (χ0) is 23.2. The predicted octanol–water partition coefficient (Wildman–Crippen LogP) is 1.66. The molecule has 3 N–H and O–H groups in total. The molecule has 172 valence electrons. The van der Waals surface area contributed by atoms with Gasteiger partial charge in [-0.15, -0.1) is 5.10 Å². The second kappa shape index (κ2) is 7.83. The number of halogens is 1. The quantitative estimate of drug-likeness (QED) is 0.409. The van der Waals surface area contributed by atoms with E-state index in [0.29, 0.717) is 42.5 Å². The van der Waals surface area contributed by atoms with Gasteiger partial charge in [-0.1, -0.05) is 6.07 Å². The Morgan fingerprint density at radius 3 is 2.91 bits per heavy atom. The lowest BCUT2D eigenvalue weighted by molar-refractivity contribution is 0.0940. The molecule has 1 aliphatic heterocycles. The number of carbonyl (C=O) groups is 1. The number of carbonyl (C=O) groups excluding carboxylic acids is 1. The van der Waals surface area contributed by atoms with Crippen LogP contribution in [0.3, 0.4) is 0 Å². The van der Waals surface area contributed by atoms with Gasteiger partial charge < -0.3 is 20.7 Å². The van der Waals surface area contributed by atoms with Crippen molar-refractivity contribution in [3.63, 3.8) is 0 Å². The topological polar surface area (TPSA) is 127 Å². The van der Waals surface area contributed by atoms with Gasteiger partial charge in [0, 0.05) is 25.4 Å². The summed E-state index contributed by atoms with van der Waals surface area (Å²) in [7, 11) is 0. The summed E-state index contributed by atoms with van der Waals surface area (Å²) in [6, 6.07) is 8.11. The predicted molar refractivity (Wildman–Crippen MR) is 121 cm³/mol. The van der Waals surface area contributed by atoms with Crippen LogP contribution in [0.1, 0.15) is 16.9 Å². The summed E-state index contributed by atoms with van der Waals surface area (Å²) in [5.74, 6) is 0.603. The number of hydrogen-bond donors (Lipinski definition) is 3. The van der Waals surface area contributed by atoms with E-state index in [9.17, 15) is 14.0 Å². The molecule has 1 fully saturated rings. The second-order valence-corrected chi connectivity index (χ2v) is 7.95. The molecule has 11 nitrogen and oxygen atoms in total. The number of nitrogens with zero attached hydrogens (tertiary/aromatic N) is 5. The van der Waals surface area contributed by atoms with Crippen molar-refractivity contribution in [2.24, 2.45) is 0 Å². The molecule has 4 aromatic rings. The van der Waals surface area contributed by atoms with Gasteiger partial charge in [0.05, 0.1) is 12.2 Å². The van der Waals surface area contributed by atoms with E-state index < -0.39 is 18.1 Å². The molecule has 1 aliphatic carbocycles. The molecular weight excluding hydrogens is 443 g/mol. The summed E-state index contributed by atoms with van der Waals surface area (Å²) in [5, 5.41) is 13.4. The van der Waals surface area contributed by atoms with Crippen LogP contribution in [-0.2, 0) is 0 Å². The van der Waals surface area contributed by atoms with E-state index in [2.05, 4.69) is 31.0 Å². The van der Waals surface area contributed by atoms with Gasteiger partial charge in [0.1, 0.15) is 30.0 Å². The first-order valence-corrected chi connectivity index (χ1v) is 10.7. The Balaban J connectivity index is 1.43. The molecule has 0 bridgehead atoms. The van der Waals surface area contributed by atoms with Crippen molar-refractivity contribution in [3.8, 4) is 11.6 Å². The molecule has 6 rings (SSSR count). The van der Waals surface area contributed by atoms with Crippen molar-refractivity contribution in [2.75, 3.05) is 23.8 Å². The van der Waals surface area contributed by atoms with Crippen LogP contribution in [0, 0.1) is 0 Å². The molecule has 1 saturated carbocycles. The molecule has 5 heterocycles. The largest absolute Gasteiger partial charge is 0.486 e. The van der Waals surface area contributed by atoms with Gasteiger partial charge in [0.15, 0.2) is 22.9 Å². The van der Waals surface area contributed by atoms with Crippen molar-refractivity contribution in [1.82, 2.24) is 29.5 Å². The fraction of sp³-hybridized carbons (Fsp3) is 0.227. The molecule has 0 unspecified atom stereocenters. The number of amides is 1. The fourth-order valence-electron chi connectivity index (χ4n) is 3.80. The second-order valence-electron chi connectivity index (χ2n) is 7.95. The number of anilines is 3. The standard InChI is InChI=1S/C22H19FN8O3/c23-12-10-14(12)28-21(32)15-11-26-20-17-18(34-9-7-25-17)19(29-31(15)20)27-13-4-3-8-30(22(13)33)16-5-1-2-6-24-16/h1-6,8,11-12,14,25H,7,9-10H2,(H,27,29)(H,28,32)/t12-,14-/m0/s1. The normalized spacial score (nSPS) is 18.5. The Labute approximate surface area is 191 Å². The number of rotatable bonds is 5. The summed E-state index contributed by atoms with van der Waals surface area (Å²) in [6.45, 7) is 0.921. The number of alkyl halides is 1. The lowest BCUT2D eigenvalue weighted by atomic mass is 10.3. The molecule has 4 aromatic heterocycles. The molecule has 2 atom stereocenters. The minimum Gasteiger partial charge on any atom is -0.486 e. The van der Waals surface area contributed by atoms with Crippen molar-refractivity contribution < 1.29 is 13.9 Å². The van der Waals surface area contributed by atoms with Gasteiger partial charge in [-0.25, -0.2) is 18.9 Å². The molecule has 0 radical (unpaired) electrons. The van der Waals surface area contributed by atoms with Gasteiger partial charge in [0.25, 0.3) is 11.5 Å². The zero-order valence-corrected chi connectivity index (χ0v) is 17.7. The first kappa shape index (κ1) is 20.1. The fourth-order valence-corrected chi connectivity index (χ4v) is 3.80. The van der Waals surface area contributed by atoms with Crippen LogP contribution >= 0.6 is 0 Å². The number of fused-ring (bicyclic) bond motifs is 3. The average Bonchev–Trinajstić information content (AvgIpc) is 3.37. The molecular formula is C22H19FN8O3. The first-order chi connectivity index (χ1) is 16.6. The van der Waals surface area contributed by atoms with E-state index in [1.54, 1.807) is 42.7 Å². The van der Waals surface area contributed by atoms with Crippen LogP contribution in [0.2, 0.25) is 0 Å². The van der Waals surface area contributed by atoms with Crippen LogP contribution in [0.4, 0.5) is 21.6 Å². The van der Waals surface area contributed by atoms with Crippen LogP contribution in [0.25, 0.3) is 11.5 Å². The molecule has 34 heavy (non-hydrogen) atoms. The highest BCUT2D eigenvalue weighted by Crippen LogP contribution is 2.38. The SMILES string of the molecule is O=C(N[C@H]1C[C@@H]1F)c1cnc2c3c(c(Nc4cccn(-c5ccccn5)c4=O)nn12)OCCN3. The smallest absolute Gasteiger partial charge is 0.279 e. The Morgan fingerprint density at radius 2 is 2.12 bits per heavy atom. The van der Waals surface area contributed by atoms with E-state index in [-0.39, 0.29) is 22.8 Å². The molecule has 0 spiro atoms. The maximum atomic E-state index is 13.3. The lowest BCUT2D eigenvalue weighted by Gasteiger charge is -2.22. The number of imidazole rings is 1. The van der Waals surface area contributed by atoms with E-state index in [4.69, 9.17) is 4.74 Å². The summed E-state index contributed by atoms with van der Waals surface area (Å²) in [5.41, 5.74) is 0.967. The van der Waals surface area contributed by atoms with Crippen molar-refractivity contribution >= 4 is 28.7 Å². The van der Waals surface area contributed by atoms with Crippen LogP contribution in [0.5, 0.6) is 5.75 Å². The van der Waals surface area contributed by atoms with E-state index >= 15 is 0 Å². The molecule has 0 aromatic carbocycles. The molecule has 12 heteroatoms. The number of pyridine rings is 2. The minimum atomic E-state index is -1.03. The number of nitrogens with one attached hydrogen (secondary N) is 3. The number of ether oxygens (including phenoxy) is 1. The highest BCUT2D eigenvalue weighted by Gasteiger charge is 2.39. The first-order valence-electron chi connectivity index (χ1n) is 10.7. The zero-order valence-electron chi connectivity index (χ0n) is 17.7. The monoisotopic (exact) mass is 462 g/mol. The molecule has 1 amide bonds. The Hall–Kier alpha value is -4.48. The van der Waals surface area contributed by atoms with Crippen molar-refractivity contribution in [2.45, 2.75) is 18.6 Å². The van der Waals surface area contributed by atoms with E-state index in [1.807, 2.05) is 0 Å². The van der Waals surface area contributed by atoms with E-state index in [1.165, 1.54) is 15.3 Å². The summed E-state index contributed by atoms with van der Waals surface area (Å²) in [6.07, 6.45) is 3.87. The Bertz CT molecular complexity index is 1470. The lowest BCUT2D eigenvalue weighted by Crippen LogP contribution is -2.29. The maximum absolute atomic E-state index is 13.3. The van der Waals surface area contributed by atoms with Gasteiger partial charge in [-0.3, -0.25) is 14.2 Å². The van der Waals surface area contributed by atoms with Gasteiger partial charge in [0.2, 0.25) is 0 Å². The van der Waals surface area contributed by atoms with Crippen molar-refractivity contribution in [1.29, 1.82) is 0 Å². The highest BCUT2D eigenvalue weighted by molar-refractivity contribution is 5.95. The van der Waals surface area contributed by atoms with Gasteiger partial charge in [-0.2, -0.15) is 0 Å². The number of aromatic nitrogens is 5. The average molecular weight is 462 g/mol. The van der Waals surface area contributed by atoms with Gasteiger partial charge >= 0.3 is 0 Å². The summed E-state index contributed by atoms with van der Waals surface area (Å²) in [4.78, 5) is 34.4. The van der Waals surface area contributed by atoms with Crippen molar-refractivity contribution in [3.05, 3.63) is 65.0 Å². The van der Waals surface area contributed by atoms with Gasteiger partial charge in [-0.05, 0) is 24.3 Å². The third-order valence-corrected chi connectivity index (χ3v) is 5.61. The third-order valence-electron chi connectivity index (χ3n) is 5.61. The molecule has 0 saturated heterocycles. The summed E-state index contributed by atoms with van der Waals surface area (Å²) < 4.78 is 21.9. The third kappa shape index (κ3) is 3.39. The van der Waals surface area contributed by atoms with Crippen LogP contribution in [-0.4, -0.2) is 55.4 Å². The Kier molecular flexibility index (Phi) is 4.64. The van der Waals surface area contributed by atoms with E-state index in [0.717, 1.165) is 0 Å². The molecule has 2 aliphatic rings. The highest BCUT2D eigenvalue weighted by atomic mass is 19.1. The van der Waals surface area contributed by atoms with Crippen LogP contribution < -0.4 is 26.2 Å². The number of hydrogen-bond acceptors (Lipinski definition) is 8. The van der Waals surface area contributed by atoms with Crippen LogP contribution in [0.15, 0.2) is 53.7 Å². The Morgan fingerprint density at radius 1 is 1.24 bits per heavy atom. The maximum Gasteiger partial charge on any atom is 0.279 e.